The molecule has 0 radical (unpaired) electrons. The molecule has 0 fully saturated rings. The van der Waals surface area contributed by atoms with Crippen LogP contribution in [0.3, 0.4) is 0 Å². The molecule has 2 aromatic carbocycles. The number of hydrogen-bond acceptors (Lipinski definition) is 5. The van der Waals surface area contributed by atoms with Gasteiger partial charge in [-0.1, -0.05) is 31.2 Å². The van der Waals surface area contributed by atoms with E-state index < -0.39 is 12.6 Å². The summed E-state index contributed by atoms with van der Waals surface area (Å²) in [6, 6.07) is 16.2. The molecular formula is C20H17N3O3. The van der Waals surface area contributed by atoms with Gasteiger partial charge in [0.05, 0.1) is 16.6 Å². The van der Waals surface area contributed by atoms with Crippen LogP contribution in [0, 0.1) is 11.3 Å². The number of aromatic amines is 1. The smallest absolute Gasteiger partial charge is 0.338 e. The minimum absolute atomic E-state index is 0.0599. The summed E-state index contributed by atoms with van der Waals surface area (Å²) in [4.78, 5) is 19.3. The van der Waals surface area contributed by atoms with E-state index in [0.29, 0.717) is 11.1 Å². The first kappa shape index (κ1) is 17.2. The number of carbonyl (C=O) groups is 1. The molecule has 1 heterocycles. The van der Waals surface area contributed by atoms with Crippen molar-refractivity contribution >= 4 is 22.6 Å². The van der Waals surface area contributed by atoms with Crippen LogP contribution in [-0.4, -0.2) is 27.7 Å². The van der Waals surface area contributed by atoms with Gasteiger partial charge in [0.25, 0.3) is 0 Å². The van der Waals surface area contributed by atoms with Gasteiger partial charge in [-0.25, -0.2) is 9.78 Å². The third-order valence-corrected chi connectivity index (χ3v) is 3.96. The fraction of sp³-hybridized carbons (Fsp3) is 0.150. The average Bonchev–Trinajstić information content (AvgIpc) is 3.10. The number of imidazole rings is 1. The third-order valence-electron chi connectivity index (χ3n) is 3.96. The van der Waals surface area contributed by atoms with Crippen molar-refractivity contribution in [2.75, 3.05) is 6.61 Å². The third kappa shape index (κ3) is 3.57. The van der Waals surface area contributed by atoms with Gasteiger partial charge in [0.2, 0.25) is 0 Å². The lowest BCUT2D eigenvalue weighted by Crippen LogP contribution is -2.09. The molecule has 0 aliphatic carbocycles. The molecule has 130 valence electrons. The second-order valence-electron chi connectivity index (χ2n) is 5.66. The van der Waals surface area contributed by atoms with Gasteiger partial charge in [0.1, 0.15) is 18.2 Å². The van der Waals surface area contributed by atoms with Crippen LogP contribution in [0.15, 0.2) is 54.3 Å². The van der Waals surface area contributed by atoms with E-state index in [-0.39, 0.29) is 17.2 Å². The highest BCUT2D eigenvalue weighted by Crippen LogP contribution is 2.19. The lowest BCUT2D eigenvalue weighted by atomic mass is 10.1. The number of nitriles is 1. The summed E-state index contributed by atoms with van der Waals surface area (Å²) in [7, 11) is 0. The van der Waals surface area contributed by atoms with E-state index in [0.717, 1.165) is 17.5 Å². The van der Waals surface area contributed by atoms with Gasteiger partial charge in [-0.2, -0.15) is 5.26 Å². The van der Waals surface area contributed by atoms with Crippen molar-refractivity contribution in [2.24, 2.45) is 0 Å². The van der Waals surface area contributed by atoms with E-state index in [1.165, 1.54) is 0 Å². The molecule has 26 heavy (non-hydrogen) atoms. The van der Waals surface area contributed by atoms with Crippen LogP contribution in [0.5, 0.6) is 0 Å². The number of esters is 1. The van der Waals surface area contributed by atoms with E-state index in [4.69, 9.17) is 4.74 Å². The molecule has 0 bridgehead atoms. The van der Waals surface area contributed by atoms with Gasteiger partial charge in [0, 0.05) is 0 Å². The Morgan fingerprint density at radius 3 is 2.62 bits per heavy atom. The summed E-state index contributed by atoms with van der Waals surface area (Å²) >= 11 is 0. The van der Waals surface area contributed by atoms with Crippen LogP contribution in [0.2, 0.25) is 0 Å². The zero-order valence-corrected chi connectivity index (χ0v) is 14.2. The molecule has 0 unspecified atom stereocenters. The zero-order valence-electron chi connectivity index (χ0n) is 14.2. The number of para-hydroxylation sites is 2. The Morgan fingerprint density at radius 2 is 1.96 bits per heavy atom. The molecule has 6 heteroatoms. The molecule has 0 aliphatic heterocycles. The molecular weight excluding hydrogens is 330 g/mol. The summed E-state index contributed by atoms with van der Waals surface area (Å²) < 4.78 is 5.10. The van der Waals surface area contributed by atoms with Crippen molar-refractivity contribution in [1.29, 1.82) is 5.26 Å². The van der Waals surface area contributed by atoms with E-state index >= 15 is 0 Å². The fourth-order valence-corrected chi connectivity index (χ4v) is 2.49. The molecule has 0 atom stereocenters. The van der Waals surface area contributed by atoms with Gasteiger partial charge in [-0.15, -0.1) is 0 Å². The number of fused-ring (bicyclic) bond motifs is 1. The first-order chi connectivity index (χ1) is 12.6. The maximum absolute atomic E-state index is 12.1. The van der Waals surface area contributed by atoms with E-state index in [1.807, 2.05) is 43.3 Å². The van der Waals surface area contributed by atoms with Crippen molar-refractivity contribution < 1.29 is 14.6 Å². The predicted octanol–water partition coefficient (Wildman–Crippen LogP) is 3.77. The Kier molecular flexibility index (Phi) is 4.99. The van der Waals surface area contributed by atoms with Crippen LogP contribution in [0.4, 0.5) is 0 Å². The van der Waals surface area contributed by atoms with Gasteiger partial charge in [-0.3, -0.25) is 0 Å². The molecule has 0 saturated carbocycles. The minimum atomic E-state index is -0.568. The fourth-order valence-electron chi connectivity index (χ4n) is 2.49. The van der Waals surface area contributed by atoms with Crippen LogP contribution in [0.25, 0.3) is 16.6 Å². The zero-order chi connectivity index (χ0) is 18.5. The SMILES string of the molecule is CCc1ccc(C(=O)OCC(O)=C(C#N)c2nc3ccccc3[nH]2)cc1. The normalized spacial score (nSPS) is 11.7. The van der Waals surface area contributed by atoms with E-state index in [2.05, 4.69) is 9.97 Å². The van der Waals surface area contributed by atoms with Crippen molar-refractivity contribution in [2.45, 2.75) is 13.3 Å². The number of ether oxygens (including phenoxy) is 1. The molecule has 2 N–H and O–H groups in total. The molecule has 0 saturated heterocycles. The predicted molar refractivity (Wildman–Crippen MR) is 97.4 cm³/mol. The summed E-state index contributed by atoms with van der Waals surface area (Å²) in [5.41, 5.74) is 2.86. The Labute approximate surface area is 150 Å². The molecule has 0 spiro atoms. The van der Waals surface area contributed by atoms with Gasteiger partial charge >= 0.3 is 5.97 Å². The maximum atomic E-state index is 12.1. The first-order valence-electron chi connectivity index (χ1n) is 8.15. The second kappa shape index (κ2) is 7.53. The lowest BCUT2D eigenvalue weighted by molar-refractivity contribution is 0.0503. The number of aromatic nitrogens is 2. The lowest BCUT2D eigenvalue weighted by Gasteiger charge is -2.06. The van der Waals surface area contributed by atoms with Crippen molar-refractivity contribution in [3.05, 3.63) is 71.2 Å². The van der Waals surface area contributed by atoms with Gasteiger partial charge in [0.15, 0.2) is 11.6 Å². The Hall–Kier alpha value is -3.59. The Bertz CT molecular complexity index is 978. The largest absolute Gasteiger partial charge is 0.507 e. The number of aryl methyl sites for hydroxylation is 1. The topological polar surface area (TPSA) is 99.0 Å². The van der Waals surface area contributed by atoms with Crippen LogP contribution in [0.1, 0.15) is 28.7 Å². The van der Waals surface area contributed by atoms with Crippen molar-refractivity contribution in [3.8, 4) is 6.07 Å². The standard InChI is InChI=1S/C20H17N3O3/c1-2-13-7-9-14(10-8-13)20(25)26-12-18(24)15(11-21)19-22-16-5-3-4-6-17(16)23-19/h3-10,24H,2,12H2,1H3,(H,22,23). The highest BCUT2D eigenvalue weighted by Gasteiger charge is 2.15. The highest BCUT2D eigenvalue weighted by molar-refractivity contribution is 5.89. The molecule has 0 amide bonds. The number of aliphatic hydroxyl groups is 1. The van der Waals surface area contributed by atoms with Crippen molar-refractivity contribution in [3.63, 3.8) is 0 Å². The number of nitrogens with one attached hydrogen (secondary N) is 1. The average molecular weight is 347 g/mol. The van der Waals surface area contributed by atoms with Gasteiger partial charge in [-0.05, 0) is 36.2 Å². The number of rotatable bonds is 5. The molecule has 1 aromatic heterocycles. The molecule has 3 rings (SSSR count). The monoisotopic (exact) mass is 347 g/mol. The van der Waals surface area contributed by atoms with Gasteiger partial charge < -0.3 is 14.8 Å². The maximum Gasteiger partial charge on any atom is 0.338 e. The highest BCUT2D eigenvalue weighted by atomic mass is 16.5. The van der Waals surface area contributed by atoms with Crippen LogP contribution < -0.4 is 0 Å². The number of H-pyrrole nitrogens is 1. The first-order valence-corrected chi connectivity index (χ1v) is 8.15. The van der Waals surface area contributed by atoms with Crippen LogP contribution >= 0.6 is 0 Å². The Balaban J connectivity index is 1.76. The van der Waals surface area contributed by atoms with Crippen molar-refractivity contribution in [1.82, 2.24) is 9.97 Å². The minimum Gasteiger partial charge on any atom is -0.507 e. The number of allylic oxidation sites excluding steroid dienone is 1. The number of nitrogens with zero attached hydrogens (tertiary/aromatic N) is 2. The summed E-state index contributed by atoms with van der Waals surface area (Å²) in [5, 5.41) is 19.5. The summed E-state index contributed by atoms with van der Waals surface area (Å²) in [6.45, 7) is 1.62. The van der Waals surface area contributed by atoms with E-state index in [9.17, 15) is 15.2 Å². The molecule has 0 aliphatic rings. The number of benzene rings is 2. The molecule has 6 nitrogen and oxygen atoms in total. The quantitative estimate of drug-likeness (QED) is 0.416. The second-order valence-corrected chi connectivity index (χ2v) is 5.66. The summed E-state index contributed by atoms with van der Waals surface area (Å²) in [5.74, 6) is -0.694. The number of carbonyl (C=O) groups excluding carboxylic acids is 1. The number of hydrogen-bond donors (Lipinski definition) is 2. The van der Waals surface area contributed by atoms with E-state index in [1.54, 1.807) is 18.2 Å². The summed E-state index contributed by atoms with van der Waals surface area (Å²) in [6.07, 6.45) is 0.877. The van der Waals surface area contributed by atoms with Crippen LogP contribution in [-0.2, 0) is 11.2 Å². The Morgan fingerprint density at radius 1 is 1.23 bits per heavy atom. The number of aliphatic hydroxyl groups excluding tert-OH is 1. The molecule has 3 aromatic rings.